The van der Waals surface area contributed by atoms with E-state index in [9.17, 15) is 18.0 Å². The molecule has 0 aliphatic rings. The van der Waals surface area contributed by atoms with E-state index in [4.69, 9.17) is 22.1 Å². The molecular formula is C13H12ClF3N4O2. The quantitative estimate of drug-likeness (QED) is 0.919. The van der Waals surface area contributed by atoms with Crippen LogP contribution in [0.3, 0.4) is 0 Å². The fourth-order valence-electron chi connectivity index (χ4n) is 1.95. The van der Waals surface area contributed by atoms with E-state index in [1.165, 1.54) is 0 Å². The summed E-state index contributed by atoms with van der Waals surface area (Å²) < 4.78 is 44.0. The fraction of sp³-hybridized carbons (Fsp3) is 0.308. The molecule has 2 aromatic heterocycles. The van der Waals surface area contributed by atoms with Gasteiger partial charge in [-0.1, -0.05) is 18.5 Å². The van der Waals surface area contributed by atoms with Gasteiger partial charge >= 0.3 is 12.2 Å². The fourth-order valence-corrected chi connectivity index (χ4v) is 2.15. The summed E-state index contributed by atoms with van der Waals surface area (Å²) in [4.78, 5) is 14.9. The van der Waals surface area contributed by atoms with Crippen molar-refractivity contribution >= 4 is 17.6 Å². The van der Waals surface area contributed by atoms with Crippen LogP contribution in [-0.2, 0) is 12.6 Å². The van der Waals surface area contributed by atoms with Crippen LogP contribution in [0.25, 0.3) is 0 Å². The third-order valence-electron chi connectivity index (χ3n) is 3.07. The van der Waals surface area contributed by atoms with Crippen molar-refractivity contribution in [2.75, 3.05) is 0 Å². The molecule has 0 radical (unpaired) electrons. The number of pyridine rings is 1. The predicted molar refractivity (Wildman–Crippen MR) is 75.6 cm³/mol. The van der Waals surface area contributed by atoms with Gasteiger partial charge in [-0.05, 0) is 19.4 Å². The Morgan fingerprint density at radius 1 is 1.43 bits per heavy atom. The number of ether oxygens (including phenoxy) is 1. The highest BCUT2D eigenvalue weighted by Crippen LogP contribution is 2.35. The maximum atomic E-state index is 12.6. The molecule has 10 heteroatoms. The molecule has 0 aliphatic carbocycles. The molecule has 0 saturated carbocycles. The van der Waals surface area contributed by atoms with Crippen LogP contribution in [0.5, 0.6) is 11.8 Å². The minimum absolute atomic E-state index is 0.00481. The molecule has 1 amide bonds. The van der Waals surface area contributed by atoms with Crippen LogP contribution in [-0.4, -0.2) is 20.8 Å². The number of carbonyl (C=O) groups is 1. The van der Waals surface area contributed by atoms with E-state index >= 15 is 0 Å². The Labute approximate surface area is 134 Å². The summed E-state index contributed by atoms with van der Waals surface area (Å²) in [6, 6.07) is -0.100. The largest absolute Gasteiger partial charge is 0.417 e. The summed E-state index contributed by atoms with van der Waals surface area (Å²) in [7, 11) is 0. The standard InChI is InChI=1S/C13H12ClF3N4O2/c1-3-9-6(2)10(20-21(9)12(18)22)23-11-8(14)4-7(5-19-11)13(15,16)17/h4-5H,3H2,1-2H3,(H2,18,22). The second-order valence-electron chi connectivity index (χ2n) is 4.59. The van der Waals surface area contributed by atoms with Crippen molar-refractivity contribution in [3.63, 3.8) is 0 Å². The molecule has 0 saturated heterocycles. The van der Waals surface area contributed by atoms with Crippen molar-refractivity contribution < 1.29 is 22.7 Å². The maximum Gasteiger partial charge on any atom is 0.417 e. The molecule has 2 heterocycles. The number of aromatic nitrogens is 3. The van der Waals surface area contributed by atoms with Crippen LogP contribution < -0.4 is 10.5 Å². The van der Waals surface area contributed by atoms with Gasteiger partial charge in [-0.25, -0.2) is 9.78 Å². The average Bonchev–Trinajstić information content (AvgIpc) is 2.76. The average molecular weight is 349 g/mol. The van der Waals surface area contributed by atoms with Crippen molar-refractivity contribution in [1.82, 2.24) is 14.8 Å². The zero-order valence-corrected chi connectivity index (χ0v) is 12.9. The Hall–Kier alpha value is -2.29. The third-order valence-corrected chi connectivity index (χ3v) is 3.34. The number of alkyl halides is 3. The number of rotatable bonds is 3. The van der Waals surface area contributed by atoms with Gasteiger partial charge in [0, 0.05) is 11.8 Å². The van der Waals surface area contributed by atoms with Gasteiger partial charge in [-0.2, -0.15) is 17.9 Å². The summed E-state index contributed by atoms with van der Waals surface area (Å²) in [5, 5.41) is 3.56. The molecule has 2 N–H and O–H groups in total. The lowest BCUT2D eigenvalue weighted by Crippen LogP contribution is -2.22. The summed E-state index contributed by atoms with van der Waals surface area (Å²) in [5.74, 6) is -0.255. The Kier molecular flexibility index (Phi) is 4.51. The first-order valence-corrected chi connectivity index (χ1v) is 6.81. The van der Waals surface area contributed by atoms with Crippen LogP contribution in [0.15, 0.2) is 12.3 Å². The lowest BCUT2D eigenvalue weighted by Gasteiger charge is -2.09. The number of hydrogen-bond donors (Lipinski definition) is 1. The Bertz CT molecular complexity index is 758. The molecule has 0 aliphatic heterocycles. The van der Waals surface area contributed by atoms with Gasteiger partial charge in [-0.3, -0.25) is 0 Å². The van der Waals surface area contributed by atoms with E-state index < -0.39 is 17.8 Å². The minimum Gasteiger partial charge on any atom is -0.417 e. The smallest absolute Gasteiger partial charge is 0.417 e. The molecule has 124 valence electrons. The Balaban J connectivity index is 2.38. The molecule has 0 atom stereocenters. The molecule has 0 bridgehead atoms. The zero-order valence-electron chi connectivity index (χ0n) is 12.1. The monoisotopic (exact) mass is 348 g/mol. The highest BCUT2D eigenvalue weighted by atomic mass is 35.5. The van der Waals surface area contributed by atoms with Gasteiger partial charge < -0.3 is 10.5 Å². The van der Waals surface area contributed by atoms with Crippen LogP contribution in [0.2, 0.25) is 5.02 Å². The topological polar surface area (TPSA) is 83.0 Å². The van der Waals surface area contributed by atoms with E-state index in [1.54, 1.807) is 13.8 Å². The van der Waals surface area contributed by atoms with E-state index in [1.807, 2.05) is 0 Å². The number of hydrogen-bond acceptors (Lipinski definition) is 4. The van der Waals surface area contributed by atoms with Crippen LogP contribution in [0, 0.1) is 6.92 Å². The molecule has 6 nitrogen and oxygen atoms in total. The number of nitrogens with two attached hydrogens (primary N) is 1. The summed E-state index contributed by atoms with van der Waals surface area (Å²) in [6.45, 7) is 3.43. The van der Waals surface area contributed by atoms with Gasteiger partial charge in [-0.15, -0.1) is 5.10 Å². The summed E-state index contributed by atoms with van der Waals surface area (Å²) in [5.41, 5.74) is 5.25. The van der Waals surface area contributed by atoms with Crippen molar-refractivity contribution in [1.29, 1.82) is 0 Å². The summed E-state index contributed by atoms with van der Waals surface area (Å²) in [6.07, 6.45) is -3.50. The van der Waals surface area contributed by atoms with Gasteiger partial charge in [0.05, 0.1) is 11.3 Å². The zero-order chi connectivity index (χ0) is 17.4. The van der Waals surface area contributed by atoms with Crippen molar-refractivity contribution in [3.05, 3.63) is 34.1 Å². The van der Waals surface area contributed by atoms with E-state index in [2.05, 4.69) is 10.1 Å². The molecule has 23 heavy (non-hydrogen) atoms. The van der Waals surface area contributed by atoms with Gasteiger partial charge in [0.1, 0.15) is 5.02 Å². The maximum absolute atomic E-state index is 12.6. The number of carbonyl (C=O) groups excluding carboxylic acids is 1. The second-order valence-corrected chi connectivity index (χ2v) is 5.00. The van der Waals surface area contributed by atoms with E-state index in [-0.39, 0.29) is 16.8 Å². The third kappa shape index (κ3) is 3.39. The minimum atomic E-state index is -4.56. The molecule has 0 aromatic carbocycles. The van der Waals surface area contributed by atoms with Gasteiger partial charge in [0.2, 0.25) is 11.8 Å². The SMILES string of the molecule is CCc1c(C)c(Oc2ncc(C(F)(F)F)cc2Cl)nn1C(N)=O. The first-order valence-electron chi connectivity index (χ1n) is 6.44. The van der Waals surface area contributed by atoms with Crippen LogP contribution >= 0.6 is 11.6 Å². The Morgan fingerprint density at radius 3 is 2.52 bits per heavy atom. The first kappa shape index (κ1) is 17.1. The van der Waals surface area contributed by atoms with Gasteiger partial charge in [0.25, 0.3) is 0 Å². The molecular weight excluding hydrogens is 337 g/mol. The highest BCUT2D eigenvalue weighted by molar-refractivity contribution is 6.31. The van der Waals surface area contributed by atoms with Crippen molar-refractivity contribution in [2.45, 2.75) is 26.4 Å². The van der Waals surface area contributed by atoms with Crippen LogP contribution in [0.1, 0.15) is 23.7 Å². The molecule has 0 spiro atoms. The highest BCUT2D eigenvalue weighted by Gasteiger charge is 2.32. The first-order chi connectivity index (χ1) is 10.6. The van der Waals surface area contributed by atoms with E-state index in [0.717, 1.165) is 4.68 Å². The number of amides is 1. The van der Waals surface area contributed by atoms with Crippen molar-refractivity contribution in [2.24, 2.45) is 5.73 Å². The van der Waals surface area contributed by atoms with Crippen LogP contribution in [0.4, 0.5) is 18.0 Å². The lowest BCUT2D eigenvalue weighted by atomic mass is 10.2. The predicted octanol–water partition coefficient (Wildman–Crippen LogP) is 3.54. The number of nitrogens with zero attached hydrogens (tertiary/aromatic N) is 3. The molecule has 0 fully saturated rings. The Morgan fingerprint density at radius 2 is 2.09 bits per heavy atom. The molecule has 0 unspecified atom stereocenters. The normalized spacial score (nSPS) is 11.6. The van der Waals surface area contributed by atoms with Crippen molar-refractivity contribution in [3.8, 4) is 11.8 Å². The number of primary amides is 1. The second kappa shape index (κ2) is 6.07. The summed E-state index contributed by atoms with van der Waals surface area (Å²) >= 11 is 5.77. The number of halogens is 4. The van der Waals surface area contributed by atoms with E-state index in [0.29, 0.717) is 29.9 Å². The molecule has 2 rings (SSSR count). The molecule has 2 aromatic rings. The van der Waals surface area contributed by atoms with Gasteiger partial charge in [0.15, 0.2) is 0 Å². The lowest BCUT2D eigenvalue weighted by molar-refractivity contribution is -0.137.